The van der Waals surface area contributed by atoms with Crippen molar-refractivity contribution in [1.29, 1.82) is 0 Å². The Morgan fingerprint density at radius 3 is 2.67 bits per heavy atom. The lowest BCUT2D eigenvalue weighted by molar-refractivity contribution is -0.134. The molecule has 0 saturated carbocycles. The van der Waals surface area contributed by atoms with Crippen LogP contribution in [-0.2, 0) is 9.53 Å². The first-order chi connectivity index (χ1) is 10.1. The molecule has 0 aliphatic carbocycles. The van der Waals surface area contributed by atoms with Gasteiger partial charge in [0.1, 0.15) is 0 Å². The summed E-state index contributed by atoms with van der Waals surface area (Å²) in [6.07, 6.45) is 5.31. The van der Waals surface area contributed by atoms with Crippen molar-refractivity contribution < 1.29 is 9.53 Å². The van der Waals surface area contributed by atoms with Crippen LogP contribution in [-0.4, -0.2) is 68.7 Å². The predicted octanol–water partition coefficient (Wildman–Crippen LogP) is 1.32. The average molecular weight is 299 g/mol. The predicted molar refractivity (Wildman–Crippen MR) is 86.2 cm³/mol. The summed E-state index contributed by atoms with van der Waals surface area (Å²) < 4.78 is 4.99. The fourth-order valence-electron chi connectivity index (χ4n) is 2.90. The van der Waals surface area contributed by atoms with Gasteiger partial charge in [-0.05, 0) is 45.2 Å². The number of amides is 1. The van der Waals surface area contributed by atoms with Crippen LogP contribution in [0.5, 0.6) is 0 Å². The van der Waals surface area contributed by atoms with Gasteiger partial charge in [-0.2, -0.15) is 0 Å². The van der Waals surface area contributed by atoms with E-state index in [0.29, 0.717) is 18.9 Å². The van der Waals surface area contributed by atoms with Crippen molar-refractivity contribution in [2.75, 3.05) is 46.9 Å². The van der Waals surface area contributed by atoms with Crippen molar-refractivity contribution in [3.05, 3.63) is 0 Å². The van der Waals surface area contributed by atoms with Gasteiger partial charge in [-0.1, -0.05) is 13.3 Å². The van der Waals surface area contributed by atoms with Gasteiger partial charge >= 0.3 is 0 Å². The van der Waals surface area contributed by atoms with Crippen molar-refractivity contribution in [3.63, 3.8) is 0 Å². The molecule has 1 atom stereocenters. The molecule has 1 aliphatic rings. The Bertz CT molecular complexity index is 291. The summed E-state index contributed by atoms with van der Waals surface area (Å²) in [5.41, 5.74) is 5.92. The maximum Gasteiger partial charge on any atom is 0.239 e. The normalized spacial score (nSPS) is 18.2. The quantitative estimate of drug-likeness (QED) is 0.697. The number of hydrogen-bond acceptors (Lipinski definition) is 4. The van der Waals surface area contributed by atoms with E-state index in [4.69, 9.17) is 10.5 Å². The van der Waals surface area contributed by atoms with E-state index in [2.05, 4.69) is 18.9 Å². The Hall–Kier alpha value is -0.650. The Labute approximate surface area is 129 Å². The lowest BCUT2D eigenvalue weighted by atomic mass is 9.95. The molecule has 1 saturated heterocycles. The first-order valence-electron chi connectivity index (χ1n) is 8.30. The second kappa shape index (κ2) is 10.1. The SMILES string of the molecule is CCCCN(C)CC1CCN(C(=O)C(N)CCOC)CC1. The fraction of sp³-hybridized carbons (Fsp3) is 0.938. The molecule has 1 rings (SSSR count). The highest BCUT2D eigenvalue weighted by Crippen LogP contribution is 2.19. The molecule has 1 aliphatic heterocycles. The van der Waals surface area contributed by atoms with Gasteiger partial charge in [-0.3, -0.25) is 4.79 Å². The molecule has 2 N–H and O–H groups in total. The highest BCUT2D eigenvalue weighted by molar-refractivity contribution is 5.81. The number of unbranched alkanes of at least 4 members (excludes halogenated alkanes) is 1. The third kappa shape index (κ3) is 6.76. The van der Waals surface area contributed by atoms with Crippen LogP contribution in [0.25, 0.3) is 0 Å². The summed E-state index contributed by atoms with van der Waals surface area (Å²) >= 11 is 0. The minimum atomic E-state index is -0.409. The number of ether oxygens (including phenoxy) is 1. The average Bonchev–Trinajstić information content (AvgIpc) is 2.50. The van der Waals surface area contributed by atoms with Crippen LogP contribution in [0.15, 0.2) is 0 Å². The zero-order valence-electron chi connectivity index (χ0n) is 14.0. The van der Waals surface area contributed by atoms with E-state index < -0.39 is 6.04 Å². The van der Waals surface area contributed by atoms with Crippen LogP contribution in [0.4, 0.5) is 0 Å². The maximum atomic E-state index is 12.2. The van der Waals surface area contributed by atoms with Crippen LogP contribution >= 0.6 is 0 Å². The van der Waals surface area contributed by atoms with Crippen molar-refractivity contribution in [2.45, 2.75) is 45.1 Å². The first-order valence-corrected chi connectivity index (χ1v) is 8.30. The summed E-state index contributed by atoms with van der Waals surface area (Å²) in [5.74, 6) is 0.802. The van der Waals surface area contributed by atoms with Gasteiger partial charge < -0.3 is 20.3 Å². The van der Waals surface area contributed by atoms with Crippen LogP contribution in [0.1, 0.15) is 39.0 Å². The van der Waals surface area contributed by atoms with Gasteiger partial charge in [0.25, 0.3) is 0 Å². The number of rotatable bonds is 9. The molecule has 124 valence electrons. The highest BCUT2D eigenvalue weighted by atomic mass is 16.5. The van der Waals surface area contributed by atoms with Gasteiger partial charge in [-0.25, -0.2) is 0 Å². The monoisotopic (exact) mass is 299 g/mol. The van der Waals surface area contributed by atoms with E-state index in [1.807, 2.05) is 4.90 Å². The molecule has 1 amide bonds. The van der Waals surface area contributed by atoms with Gasteiger partial charge in [-0.15, -0.1) is 0 Å². The topological polar surface area (TPSA) is 58.8 Å². The molecule has 0 spiro atoms. The molecular weight excluding hydrogens is 266 g/mol. The molecule has 0 bridgehead atoms. The van der Waals surface area contributed by atoms with E-state index in [1.54, 1.807) is 7.11 Å². The third-order valence-electron chi connectivity index (χ3n) is 4.34. The molecule has 0 aromatic carbocycles. The molecule has 1 heterocycles. The summed E-state index contributed by atoms with van der Waals surface area (Å²) in [4.78, 5) is 16.6. The standard InChI is InChI=1S/C16H33N3O2/c1-4-5-9-18(2)13-14-6-10-19(11-7-14)16(20)15(17)8-12-21-3/h14-15H,4-13,17H2,1-3H3. The third-order valence-corrected chi connectivity index (χ3v) is 4.34. The van der Waals surface area contributed by atoms with E-state index in [9.17, 15) is 4.79 Å². The smallest absolute Gasteiger partial charge is 0.239 e. The van der Waals surface area contributed by atoms with E-state index in [1.165, 1.54) is 19.4 Å². The molecule has 5 nitrogen and oxygen atoms in total. The number of hydrogen-bond donors (Lipinski definition) is 1. The Morgan fingerprint density at radius 1 is 1.43 bits per heavy atom. The molecule has 5 heteroatoms. The molecule has 0 aromatic rings. The Morgan fingerprint density at radius 2 is 2.10 bits per heavy atom. The minimum absolute atomic E-state index is 0.0878. The van der Waals surface area contributed by atoms with Crippen molar-refractivity contribution in [2.24, 2.45) is 11.7 Å². The number of nitrogens with two attached hydrogens (primary N) is 1. The number of carbonyl (C=O) groups is 1. The van der Waals surface area contributed by atoms with E-state index >= 15 is 0 Å². The number of likely N-dealkylation sites (tertiary alicyclic amines) is 1. The molecule has 21 heavy (non-hydrogen) atoms. The van der Waals surface area contributed by atoms with Gasteiger partial charge in [0.05, 0.1) is 6.04 Å². The zero-order chi connectivity index (χ0) is 15.7. The van der Waals surface area contributed by atoms with Crippen LogP contribution < -0.4 is 5.73 Å². The number of methoxy groups -OCH3 is 1. The van der Waals surface area contributed by atoms with Gasteiger partial charge in [0.2, 0.25) is 5.91 Å². The lowest BCUT2D eigenvalue weighted by Crippen LogP contribution is -2.48. The van der Waals surface area contributed by atoms with Crippen LogP contribution in [0.2, 0.25) is 0 Å². The lowest BCUT2D eigenvalue weighted by Gasteiger charge is -2.35. The fourth-order valence-corrected chi connectivity index (χ4v) is 2.90. The molecule has 1 unspecified atom stereocenters. The number of nitrogens with zero attached hydrogens (tertiary/aromatic N) is 2. The molecule has 0 aromatic heterocycles. The van der Waals surface area contributed by atoms with Crippen molar-refractivity contribution >= 4 is 5.91 Å². The highest BCUT2D eigenvalue weighted by Gasteiger charge is 2.26. The van der Waals surface area contributed by atoms with E-state index in [0.717, 1.165) is 32.5 Å². The summed E-state index contributed by atoms with van der Waals surface area (Å²) in [7, 11) is 3.84. The van der Waals surface area contributed by atoms with Crippen LogP contribution in [0.3, 0.4) is 0 Å². The Balaban J connectivity index is 2.26. The number of carbonyl (C=O) groups excluding carboxylic acids is 1. The van der Waals surface area contributed by atoms with Gasteiger partial charge in [0, 0.05) is 33.4 Å². The first kappa shape index (κ1) is 18.4. The minimum Gasteiger partial charge on any atom is -0.385 e. The van der Waals surface area contributed by atoms with E-state index in [-0.39, 0.29) is 5.91 Å². The van der Waals surface area contributed by atoms with Crippen molar-refractivity contribution in [1.82, 2.24) is 9.80 Å². The van der Waals surface area contributed by atoms with Crippen molar-refractivity contribution in [3.8, 4) is 0 Å². The number of piperidine rings is 1. The molecular formula is C16H33N3O2. The second-order valence-electron chi connectivity index (χ2n) is 6.27. The second-order valence-corrected chi connectivity index (χ2v) is 6.27. The molecule has 1 fully saturated rings. The summed E-state index contributed by atoms with van der Waals surface area (Å²) in [6, 6.07) is -0.409. The Kier molecular flexibility index (Phi) is 8.88. The molecule has 0 radical (unpaired) electrons. The van der Waals surface area contributed by atoms with Crippen LogP contribution in [0, 0.1) is 5.92 Å². The zero-order valence-corrected chi connectivity index (χ0v) is 14.0. The summed E-state index contributed by atoms with van der Waals surface area (Å²) in [5, 5.41) is 0. The summed E-state index contributed by atoms with van der Waals surface area (Å²) in [6.45, 7) is 6.81. The maximum absolute atomic E-state index is 12.2. The van der Waals surface area contributed by atoms with Gasteiger partial charge in [0.15, 0.2) is 0 Å². The largest absolute Gasteiger partial charge is 0.385 e.